The summed E-state index contributed by atoms with van der Waals surface area (Å²) in [6.45, 7) is 3.58. The van der Waals surface area contributed by atoms with Gasteiger partial charge in [-0.25, -0.2) is 4.79 Å². The van der Waals surface area contributed by atoms with E-state index in [2.05, 4.69) is 10.6 Å². The number of hydrogen-bond donors (Lipinski definition) is 2. The molecule has 2 aromatic carbocycles. The molecule has 3 amide bonds. The molecule has 2 aromatic rings. The first-order valence-corrected chi connectivity index (χ1v) is 7.82. The first-order valence-electron chi connectivity index (χ1n) is 7.82. The van der Waals surface area contributed by atoms with E-state index in [4.69, 9.17) is 9.47 Å². The predicted molar refractivity (Wildman–Crippen MR) is 92.4 cm³/mol. The van der Waals surface area contributed by atoms with Gasteiger partial charge >= 0.3 is 6.03 Å². The molecule has 6 nitrogen and oxygen atoms in total. The summed E-state index contributed by atoms with van der Waals surface area (Å²) in [5.41, 5.74) is 0. The molecule has 0 spiro atoms. The second kappa shape index (κ2) is 8.19. The molecule has 0 aliphatic heterocycles. The number of benzene rings is 2. The van der Waals surface area contributed by atoms with Gasteiger partial charge in [0.05, 0.1) is 7.11 Å². The molecule has 0 unspecified atom stereocenters. The zero-order chi connectivity index (χ0) is 17.5. The molecule has 2 N–H and O–H groups in total. The topological polar surface area (TPSA) is 76.7 Å². The van der Waals surface area contributed by atoms with Gasteiger partial charge in [-0.3, -0.25) is 10.1 Å². The first kappa shape index (κ1) is 17.6. The quantitative estimate of drug-likeness (QED) is 0.854. The minimum absolute atomic E-state index is 0.00851. The summed E-state index contributed by atoms with van der Waals surface area (Å²) in [6, 6.07) is 10.7. The lowest BCUT2D eigenvalue weighted by Gasteiger charge is -2.12. The fourth-order valence-corrected chi connectivity index (χ4v) is 2.09. The zero-order valence-corrected chi connectivity index (χ0v) is 14.1. The number of ether oxygens (including phenoxy) is 2. The lowest BCUT2D eigenvalue weighted by atomic mass is 10.1. The van der Waals surface area contributed by atoms with E-state index in [9.17, 15) is 9.59 Å². The highest BCUT2D eigenvalue weighted by Crippen LogP contribution is 2.24. The highest BCUT2D eigenvalue weighted by molar-refractivity contribution is 5.95. The molecule has 0 aromatic heterocycles. The average molecular weight is 330 g/mol. The van der Waals surface area contributed by atoms with Crippen LogP contribution in [0.25, 0.3) is 10.8 Å². The minimum atomic E-state index is -0.513. The number of carbonyl (C=O) groups excluding carboxylic acids is 2. The number of urea groups is 1. The van der Waals surface area contributed by atoms with Crippen molar-refractivity contribution < 1.29 is 19.1 Å². The predicted octanol–water partition coefficient (Wildman–Crippen LogP) is 2.85. The number of hydrogen-bond acceptors (Lipinski definition) is 4. The van der Waals surface area contributed by atoms with Crippen LogP contribution in [0.2, 0.25) is 0 Å². The Balaban J connectivity index is 1.92. The molecule has 0 fully saturated rings. The maximum Gasteiger partial charge on any atom is 0.321 e. The molecule has 2 rings (SSSR count). The molecule has 0 saturated carbocycles. The smallest absolute Gasteiger partial charge is 0.321 e. The van der Waals surface area contributed by atoms with Gasteiger partial charge in [-0.2, -0.15) is 0 Å². The van der Waals surface area contributed by atoms with Crippen molar-refractivity contribution in [1.82, 2.24) is 10.6 Å². The maximum atomic E-state index is 11.7. The van der Waals surface area contributed by atoms with E-state index in [1.54, 1.807) is 13.2 Å². The van der Waals surface area contributed by atoms with Gasteiger partial charge in [0.2, 0.25) is 0 Å². The minimum Gasteiger partial charge on any atom is -0.497 e. The molecule has 0 radical (unpaired) electrons. The summed E-state index contributed by atoms with van der Waals surface area (Å²) in [6.07, 6.45) is 0.790. The fraction of sp³-hybridized carbons (Fsp3) is 0.333. The van der Waals surface area contributed by atoms with Crippen molar-refractivity contribution in [3.05, 3.63) is 36.4 Å². The molecule has 0 aliphatic rings. The number of methoxy groups -OCH3 is 1. The molecule has 24 heavy (non-hydrogen) atoms. The number of carbonyl (C=O) groups is 2. The fourth-order valence-electron chi connectivity index (χ4n) is 2.09. The summed E-state index contributed by atoms with van der Waals surface area (Å²) in [5.74, 6) is 0.800. The Hall–Kier alpha value is -2.76. The Kier molecular flexibility index (Phi) is 6.01. The van der Waals surface area contributed by atoms with Crippen LogP contribution < -0.4 is 20.1 Å². The first-order chi connectivity index (χ1) is 11.5. The van der Waals surface area contributed by atoms with Gasteiger partial charge in [-0.15, -0.1) is 0 Å². The van der Waals surface area contributed by atoms with Crippen LogP contribution in [-0.2, 0) is 4.79 Å². The lowest BCUT2D eigenvalue weighted by molar-refractivity contribution is -0.122. The Morgan fingerprint density at radius 2 is 1.75 bits per heavy atom. The number of imide groups is 1. The lowest BCUT2D eigenvalue weighted by Crippen LogP contribution is -2.44. The third kappa shape index (κ3) is 4.87. The number of nitrogens with one attached hydrogen (secondary N) is 2. The molecule has 0 saturated heterocycles. The monoisotopic (exact) mass is 330 g/mol. The van der Waals surface area contributed by atoms with Gasteiger partial charge in [-0.1, -0.05) is 19.1 Å². The Bertz CT molecular complexity index is 730. The molecule has 1 atom stereocenters. The molecule has 6 heteroatoms. The molecular weight excluding hydrogens is 308 g/mol. The van der Waals surface area contributed by atoms with Crippen LogP contribution in [0, 0.1) is 0 Å². The van der Waals surface area contributed by atoms with Crippen LogP contribution in [-0.4, -0.2) is 31.7 Å². The average Bonchev–Trinajstić information content (AvgIpc) is 2.58. The van der Waals surface area contributed by atoms with Crippen LogP contribution in [0.15, 0.2) is 36.4 Å². The van der Waals surface area contributed by atoms with Gasteiger partial charge in [0.15, 0.2) is 6.61 Å². The highest BCUT2D eigenvalue weighted by atomic mass is 16.5. The van der Waals surface area contributed by atoms with E-state index in [1.165, 1.54) is 0 Å². The van der Waals surface area contributed by atoms with Gasteiger partial charge in [0, 0.05) is 6.04 Å². The zero-order valence-electron chi connectivity index (χ0n) is 14.1. The standard InChI is InChI=1S/C18H22N2O4/c1-4-12(2)19-18(22)20-17(21)11-24-16-8-6-13-5-7-15(23-3)9-14(13)10-16/h5-10,12H,4,11H2,1-3H3,(H2,19,20,21,22)/t12-/m0/s1. The molecule has 0 bridgehead atoms. The number of fused-ring (bicyclic) bond motifs is 1. The van der Waals surface area contributed by atoms with E-state index in [-0.39, 0.29) is 12.6 Å². The largest absolute Gasteiger partial charge is 0.497 e. The van der Waals surface area contributed by atoms with Crippen molar-refractivity contribution in [2.24, 2.45) is 0 Å². The molecule has 0 aliphatic carbocycles. The van der Waals surface area contributed by atoms with Crippen molar-refractivity contribution in [3.8, 4) is 11.5 Å². The van der Waals surface area contributed by atoms with Crippen LogP contribution in [0.4, 0.5) is 4.79 Å². The third-order valence-electron chi connectivity index (χ3n) is 3.63. The van der Waals surface area contributed by atoms with Crippen molar-refractivity contribution in [1.29, 1.82) is 0 Å². The van der Waals surface area contributed by atoms with Crippen molar-refractivity contribution >= 4 is 22.7 Å². The van der Waals surface area contributed by atoms with E-state index < -0.39 is 11.9 Å². The van der Waals surface area contributed by atoms with Crippen LogP contribution in [0.3, 0.4) is 0 Å². The summed E-state index contributed by atoms with van der Waals surface area (Å²) in [7, 11) is 1.61. The van der Waals surface area contributed by atoms with Crippen LogP contribution in [0.1, 0.15) is 20.3 Å². The Morgan fingerprint density at radius 1 is 1.08 bits per heavy atom. The van der Waals surface area contributed by atoms with Crippen molar-refractivity contribution in [3.63, 3.8) is 0 Å². The van der Waals surface area contributed by atoms with E-state index >= 15 is 0 Å². The molecule has 0 heterocycles. The van der Waals surface area contributed by atoms with Crippen molar-refractivity contribution in [2.75, 3.05) is 13.7 Å². The Labute approximate surface area is 141 Å². The van der Waals surface area contributed by atoms with E-state index in [0.29, 0.717) is 5.75 Å². The number of amides is 3. The SMILES string of the molecule is CC[C@H](C)NC(=O)NC(=O)COc1ccc2ccc(OC)cc2c1. The van der Waals surface area contributed by atoms with Crippen LogP contribution >= 0.6 is 0 Å². The number of rotatable bonds is 6. The van der Waals surface area contributed by atoms with Gasteiger partial charge in [-0.05, 0) is 48.4 Å². The highest BCUT2D eigenvalue weighted by Gasteiger charge is 2.10. The second-order valence-corrected chi connectivity index (χ2v) is 5.49. The second-order valence-electron chi connectivity index (χ2n) is 5.49. The van der Waals surface area contributed by atoms with Gasteiger partial charge < -0.3 is 14.8 Å². The van der Waals surface area contributed by atoms with E-state index in [0.717, 1.165) is 22.9 Å². The normalized spacial score (nSPS) is 11.6. The summed E-state index contributed by atoms with van der Waals surface area (Å²) < 4.78 is 10.6. The van der Waals surface area contributed by atoms with E-state index in [1.807, 2.05) is 44.2 Å². The maximum absolute atomic E-state index is 11.7. The van der Waals surface area contributed by atoms with Gasteiger partial charge in [0.25, 0.3) is 5.91 Å². The molecular formula is C18H22N2O4. The molecule has 128 valence electrons. The Morgan fingerprint density at radius 3 is 2.42 bits per heavy atom. The third-order valence-corrected chi connectivity index (χ3v) is 3.63. The summed E-state index contributed by atoms with van der Waals surface area (Å²) >= 11 is 0. The van der Waals surface area contributed by atoms with Crippen LogP contribution in [0.5, 0.6) is 11.5 Å². The summed E-state index contributed by atoms with van der Waals surface area (Å²) in [4.78, 5) is 23.3. The van der Waals surface area contributed by atoms with Crippen molar-refractivity contribution in [2.45, 2.75) is 26.3 Å². The van der Waals surface area contributed by atoms with Gasteiger partial charge in [0.1, 0.15) is 11.5 Å². The summed E-state index contributed by atoms with van der Waals surface area (Å²) in [5, 5.41) is 6.88.